The van der Waals surface area contributed by atoms with E-state index >= 15 is 4.39 Å². The second kappa shape index (κ2) is 5.14. The molecule has 0 aliphatic rings. The lowest BCUT2D eigenvalue weighted by molar-refractivity contribution is 0.632. The molecule has 0 unspecified atom stereocenters. The van der Waals surface area contributed by atoms with Gasteiger partial charge in [0.25, 0.3) is 0 Å². The van der Waals surface area contributed by atoms with Gasteiger partial charge in [-0.05, 0) is 25.0 Å². The number of halogens is 2. The predicted octanol–water partition coefficient (Wildman–Crippen LogP) is 6.62. The zero-order chi connectivity index (χ0) is 16.1. The van der Waals surface area contributed by atoms with Crippen molar-refractivity contribution >= 4 is 31.5 Å². The van der Waals surface area contributed by atoms with Gasteiger partial charge >= 0.3 is 0 Å². The largest absolute Gasteiger partial charge is 0.205 e. The van der Waals surface area contributed by atoms with E-state index in [4.69, 9.17) is 0 Å². The van der Waals surface area contributed by atoms with Gasteiger partial charge in [0.2, 0.25) is 0 Å². The third kappa shape index (κ3) is 2.15. The highest BCUT2D eigenvalue weighted by Crippen LogP contribution is 2.40. The molecule has 1 aromatic heterocycles. The molecule has 0 N–H and O–H groups in total. The Bertz CT molecular complexity index is 1040. The van der Waals surface area contributed by atoms with Crippen LogP contribution < -0.4 is 0 Å². The molecule has 0 bridgehead atoms. The minimum Gasteiger partial charge on any atom is -0.205 e. The highest BCUT2D eigenvalue weighted by molar-refractivity contribution is 7.25. The fourth-order valence-electron chi connectivity index (χ4n) is 2.89. The fourth-order valence-corrected chi connectivity index (χ4v) is 4.12. The van der Waals surface area contributed by atoms with Crippen molar-refractivity contribution in [2.45, 2.75) is 13.8 Å². The third-order valence-electron chi connectivity index (χ3n) is 4.24. The van der Waals surface area contributed by atoms with Gasteiger partial charge in [-0.1, -0.05) is 54.1 Å². The third-order valence-corrected chi connectivity index (χ3v) is 5.45. The summed E-state index contributed by atoms with van der Waals surface area (Å²) in [4.78, 5) is 0. The molecule has 0 aliphatic heterocycles. The van der Waals surface area contributed by atoms with Crippen LogP contribution in [0.4, 0.5) is 8.78 Å². The Hall–Kier alpha value is -2.26. The Morgan fingerprint density at radius 2 is 1.30 bits per heavy atom. The zero-order valence-electron chi connectivity index (χ0n) is 12.8. The summed E-state index contributed by atoms with van der Waals surface area (Å²) >= 11 is 1.19. The fraction of sp³-hybridized carbons (Fsp3) is 0.100. The van der Waals surface area contributed by atoms with Crippen LogP contribution in [-0.2, 0) is 0 Å². The number of benzene rings is 3. The predicted molar refractivity (Wildman–Crippen MR) is 94.2 cm³/mol. The first-order valence-corrected chi connectivity index (χ1v) is 8.25. The number of aryl methyl sites for hydroxylation is 2. The minimum atomic E-state index is -0.274. The molecule has 4 aromatic rings. The lowest BCUT2D eigenvalue weighted by Gasteiger charge is -2.05. The van der Waals surface area contributed by atoms with Crippen LogP contribution in [-0.4, -0.2) is 0 Å². The standard InChI is InChI=1S/C20H14F2S/c1-11-3-6-13(7-4-11)14-9-10-16-15-8-5-12(2)17(21)19(15)23-20(16)18(14)22/h3-10H,1-2H3. The first kappa shape index (κ1) is 14.3. The average Bonchev–Trinajstić information content (AvgIpc) is 2.93. The van der Waals surface area contributed by atoms with E-state index in [1.54, 1.807) is 19.1 Å². The van der Waals surface area contributed by atoms with E-state index in [1.807, 2.05) is 43.3 Å². The van der Waals surface area contributed by atoms with Gasteiger partial charge < -0.3 is 0 Å². The first-order chi connectivity index (χ1) is 11.1. The van der Waals surface area contributed by atoms with Crippen molar-refractivity contribution in [1.82, 2.24) is 0 Å². The SMILES string of the molecule is Cc1ccc(-c2ccc3c(sc4c(F)c(C)ccc43)c2F)cc1. The quantitative estimate of drug-likeness (QED) is 0.369. The Labute approximate surface area is 137 Å². The summed E-state index contributed by atoms with van der Waals surface area (Å²) in [6.07, 6.45) is 0. The van der Waals surface area contributed by atoms with Crippen molar-refractivity contribution in [2.24, 2.45) is 0 Å². The van der Waals surface area contributed by atoms with Crippen LogP contribution in [0.3, 0.4) is 0 Å². The average molecular weight is 324 g/mol. The maximum atomic E-state index is 15.0. The molecule has 4 rings (SSSR count). The van der Waals surface area contributed by atoms with E-state index in [9.17, 15) is 4.39 Å². The Kier molecular flexibility index (Phi) is 3.20. The molecule has 3 aromatic carbocycles. The molecule has 0 spiro atoms. The van der Waals surface area contributed by atoms with Gasteiger partial charge in [0.1, 0.15) is 11.6 Å². The van der Waals surface area contributed by atoms with Crippen LogP contribution in [0.2, 0.25) is 0 Å². The monoisotopic (exact) mass is 324 g/mol. The molecule has 0 fully saturated rings. The van der Waals surface area contributed by atoms with Gasteiger partial charge in [0.05, 0.1) is 9.40 Å². The zero-order valence-corrected chi connectivity index (χ0v) is 13.6. The molecule has 23 heavy (non-hydrogen) atoms. The Balaban J connectivity index is 2.03. The molecule has 3 heteroatoms. The van der Waals surface area contributed by atoms with E-state index in [0.29, 0.717) is 20.5 Å². The molecular formula is C20H14F2S. The van der Waals surface area contributed by atoms with Crippen LogP contribution in [0.15, 0.2) is 48.5 Å². The molecule has 0 amide bonds. The molecule has 0 saturated heterocycles. The van der Waals surface area contributed by atoms with Crippen molar-refractivity contribution in [3.63, 3.8) is 0 Å². The summed E-state index contributed by atoms with van der Waals surface area (Å²) in [5, 5.41) is 1.56. The summed E-state index contributed by atoms with van der Waals surface area (Å²) in [6.45, 7) is 3.73. The van der Waals surface area contributed by atoms with Crippen molar-refractivity contribution in [3.8, 4) is 11.1 Å². The number of thiophene rings is 1. The van der Waals surface area contributed by atoms with E-state index in [2.05, 4.69) is 0 Å². The van der Waals surface area contributed by atoms with Gasteiger partial charge in [0.15, 0.2) is 0 Å². The molecule has 0 radical (unpaired) electrons. The molecular weight excluding hydrogens is 310 g/mol. The minimum absolute atomic E-state index is 0.250. The normalized spacial score (nSPS) is 11.5. The van der Waals surface area contributed by atoms with Crippen molar-refractivity contribution in [3.05, 3.63) is 71.3 Å². The van der Waals surface area contributed by atoms with E-state index in [1.165, 1.54) is 11.3 Å². The lowest BCUT2D eigenvalue weighted by Crippen LogP contribution is -1.85. The van der Waals surface area contributed by atoms with E-state index in [-0.39, 0.29) is 11.6 Å². The van der Waals surface area contributed by atoms with Crippen molar-refractivity contribution < 1.29 is 8.78 Å². The summed E-state index contributed by atoms with van der Waals surface area (Å²) in [5.41, 5.74) is 3.11. The van der Waals surface area contributed by atoms with Crippen LogP contribution in [0.1, 0.15) is 11.1 Å². The van der Waals surface area contributed by atoms with Crippen LogP contribution in [0.25, 0.3) is 31.3 Å². The maximum absolute atomic E-state index is 15.0. The van der Waals surface area contributed by atoms with E-state index in [0.717, 1.165) is 21.9 Å². The van der Waals surface area contributed by atoms with Crippen molar-refractivity contribution in [1.29, 1.82) is 0 Å². The smallest absolute Gasteiger partial charge is 0.148 e. The number of hydrogen-bond acceptors (Lipinski definition) is 1. The van der Waals surface area contributed by atoms with Crippen LogP contribution >= 0.6 is 11.3 Å². The summed E-state index contributed by atoms with van der Waals surface area (Å²) in [7, 11) is 0. The summed E-state index contributed by atoms with van der Waals surface area (Å²) < 4.78 is 30.4. The highest BCUT2D eigenvalue weighted by atomic mass is 32.1. The summed E-state index contributed by atoms with van der Waals surface area (Å²) in [6, 6.07) is 15.1. The maximum Gasteiger partial charge on any atom is 0.148 e. The Morgan fingerprint density at radius 3 is 2.00 bits per heavy atom. The number of fused-ring (bicyclic) bond motifs is 3. The lowest BCUT2D eigenvalue weighted by atomic mass is 10.0. The van der Waals surface area contributed by atoms with E-state index < -0.39 is 0 Å². The van der Waals surface area contributed by atoms with Crippen LogP contribution in [0, 0.1) is 25.5 Å². The molecule has 0 atom stereocenters. The first-order valence-electron chi connectivity index (χ1n) is 7.43. The van der Waals surface area contributed by atoms with Gasteiger partial charge in [0, 0.05) is 16.3 Å². The second-order valence-electron chi connectivity index (χ2n) is 5.85. The topological polar surface area (TPSA) is 0 Å². The molecule has 1 heterocycles. The number of rotatable bonds is 1. The van der Waals surface area contributed by atoms with Gasteiger partial charge in [-0.2, -0.15) is 0 Å². The van der Waals surface area contributed by atoms with Gasteiger partial charge in [-0.3, -0.25) is 0 Å². The van der Waals surface area contributed by atoms with Crippen molar-refractivity contribution in [2.75, 3.05) is 0 Å². The van der Waals surface area contributed by atoms with Gasteiger partial charge in [-0.25, -0.2) is 8.78 Å². The molecule has 0 nitrogen and oxygen atoms in total. The summed E-state index contributed by atoms with van der Waals surface area (Å²) in [5.74, 6) is -0.524. The van der Waals surface area contributed by atoms with Gasteiger partial charge in [-0.15, -0.1) is 11.3 Å². The molecule has 0 saturated carbocycles. The number of hydrogen-bond donors (Lipinski definition) is 0. The molecule has 114 valence electrons. The second-order valence-corrected chi connectivity index (χ2v) is 6.87. The van der Waals surface area contributed by atoms with Crippen LogP contribution in [0.5, 0.6) is 0 Å². The highest BCUT2D eigenvalue weighted by Gasteiger charge is 2.16. The Morgan fingerprint density at radius 1 is 0.696 bits per heavy atom. The molecule has 0 aliphatic carbocycles.